The van der Waals surface area contributed by atoms with Crippen LogP contribution in [0.3, 0.4) is 0 Å². The van der Waals surface area contributed by atoms with Crippen LogP contribution in [-0.2, 0) is 4.74 Å². The maximum atomic E-state index is 11.7. The number of ketones is 1. The first-order valence-electron chi connectivity index (χ1n) is 4.86. The average Bonchev–Trinajstić information content (AvgIpc) is 2.75. The van der Waals surface area contributed by atoms with Gasteiger partial charge in [0, 0.05) is 12.0 Å². The summed E-state index contributed by atoms with van der Waals surface area (Å²) < 4.78 is 5.38. The number of Topliss-reactive ketones (excluding diaryl/α,β-unsaturated/α-hetero) is 1. The molecule has 14 heavy (non-hydrogen) atoms. The van der Waals surface area contributed by atoms with Crippen molar-refractivity contribution in [3.63, 3.8) is 0 Å². The van der Waals surface area contributed by atoms with Crippen LogP contribution in [0.15, 0.2) is 30.3 Å². The first kappa shape index (κ1) is 9.41. The lowest BCUT2D eigenvalue weighted by molar-refractivity contribution is 0.0972. The fourth-order valence-electron chi connectivity index (χ4n) is 1.53. The van der Waals surface area contributed by atoms with Crippen molar-refractivity contribution in [2.45, 2.75) is 32.0 Å². The van der Waals surface area contributed by atoms with Crippen molar-refractivity contribution in [2.24, 2.45) is 0 Å². The SMILES string of the molecule is CC1(C)OC1CC(=O)c1ccccc1. The van der Waals surface area contributed by atoms with Gasteiger partial charge >= 0.3 is 0 Å². The highest BCUT2D eigenvalue weighted by molar-refractivity contribution is 5.96. The van der Waals surface area contributed by atoms with Gasteiger partial charge < -0.3 is 4.74 Å². The minimum Gasteiger partial charge on any atom is -0.366 e. The molecule has 0 aromatic heterocycles. The molecule has 1 heterocycles. The molecule has 2 rings (SSSR count). The van der Waals surface area contributed by atoms with Crippen molar-refractivity contribution >= 4 is 5.78 Å². The molecule has 1 aromatic carbocycles. The summed E-state index contributed by atoms with van der Waals surface area (Å²) in [5.74, 6) is 0.168. The predicted octanol–water partition coefficient (Wildman–Crippen LogP) is 2.44. The summed E-state index contributed by atoms with van der Waals surface area (Å²) in [7, 11) is 0. The van der Waals surface area contributed by atoms with E-state index in [2.05, 4.69) is 0 Å². The van der Waals surface area contributed by atoms with Crippen LogP contribution >= 0.6 is 0 Å². The van der Waals surface area contributed by atoms with E-state index in [1.54, 1.807) is 0 Å². The van der Waals surface area contributed by atoms with E-state index in [-0.39, 0.29) is 17.5 Å². The maximum Gasteiger partial charge on any atom is 0.165 e. The molecular formula is C12H14O2. The minimum absolute atomic E-state index is 0.0928. The molecule has 74 valence electrons. The van der Waals surface area contributed by atoms with Gasteiger partial charge in [0.25, 0.3) is 0 Å². The van der Waals surface area contributed by atoms with E-state index in [4.69, 9.17) is 4.74 Å². The molecule has 1 saturated heterocycles. The molecule has 0 aliphatic carbocycles. The van der Waals surface area contributed by atoms with Gasteiger partial charge in [-0.05, 0) is 13.8 Å². The van der Waals surface area contributed by atoms with Gasteiger partial charge in [0.15, 0.2) is 5.78 Å². The van der Waals surface area contributed by atoms with E-state index in [1.807, 2.05) is 44.2 Å². The van der Waals surface area contributed by atoms with Crippen molar-refractivity contribution in [3.8, 4) is 0 Å². The van der Waals surface area contributed by atoms with Gasteiger partial charge in [-0.15, -0.1) is 0 Å². The number of benzene rings is 1. The van der Waals surface area contributed by atoms with Crippen molar-refractivity contribution in [2.75, 3.05) is 0 Å². The third-order valence-corrected chi connectivity index (χ3v) is 2.63. The number of hydrogen-bond acceptors (Lipinski definition) is 2. The number of carbonyl (C=O) groups excluding carboxylic acids is 1. The quantitative estimate of drug-likeness (QED) is 0.541. The topological polar surface area (TPSA) is 29.6 Å². The van der Waals surface area contributed by atoms with E-state index in [1.165, 1.54) is 0 Å². The molecule has 1 aliphatic heterocycles. The van der Waals surface area contributed by atoms with Crippen molar-refractivity contribution in [1.29, 1.82) is 0 Å². The molecule has 0 amide bonds. The summed E-state index contributed by atoms with van der Waals surface area (Å²) in [5, 5.41) is 0. The Bertz CT molecular complexity index is 341. The highest BCUT2D eigenvalue weighted by Crippen LogP contribution is 2.38. The van der Waals surface area contributed by atoms with E-state index in [0.29, 0.717) is 6.42 Å². The molecule has 0 N–H and O–H groups in total. The molecule has 0 spiro atoms. The van der Waals surface area contributed by atoms with Crippen LogP contribution in [0, 0.1) is 0 Å². The van der Waals surface area contributed by atoms with Crippen molar-refractivity contribution in [1.82, 2.24) is 0 Å². The second kappa shape index (κ2) is 3.21. The zero-order chi connectivity index (χ0) is 10.2. The fourth-order valence-corrected chi connectivity index (χ4v) is 1.53. The Labute approximate surface area is 83.9 Å². The monoisotopic (exact) mass is 190 g/mol. The zero-order valence-corrected chi connectivity index (χ0v) is 8.49. The molecule has 2 heteroatoms. The summed E-state index contributed by atoms with van der Waals surface area (Å²) >= 11 is 0. The Hall–Kier alpha value is -1.15. The first-order chi connectivity index (χ1) is 6.59. The van der Waals surface area contributed by atoms with Gasteiger partial charge in [-0.2, -0.15) is 0 Å². The largest absolute Gasteiger partial charge is 0.366 e. The molecule has 2 nitrogen and oxygen atoms in total. The van der Waals surface area contributed by atoms with E-state index in [9.17, 15) is 4.79 Å². The number of epoxide rings is 1. The number of ether oxygens (including phenoxy) is 1. The van der Waals surface area contributed by atoms with Crippen LogP contribution < -0.4 is 0 Å². The Morgan fingerprint density at radius 3 is 2.43 bits per heavy atom. The van der Waals surface area contributed by atoms with Gasteiger partial charge in [0.2, 0.25) is 0 Å². The molecule has 1 aliphatic rings. The molecular weight excluding hydrogens is 176 g/mol. The van der Waals surface area contributed by atoms with Crippen LogP contribution in [-0.4, -0.2) is 17.5 Å². The van der Waals surface area contributed by atoms with Gasteiger partial charge in [0.05, 0.1) is 11.7 Å². The normalized spacial score (nSPS) is 23.1. The number of hydrogen-bond donors (Lipinski definition) is 0. The first-order valence-corrected chi connectivity index (χ1v) is 4.86. The Morgan fingerprint density at radius 2 is 1.93 bits per heavy atom. The zero-order valence-electron chi connectivity index (χ0n) is 8.49. The number of carbonyl (C=O) groups is 1. The summed E-state index contributed by atoms with van der Waals surface area (Å²) in [5.41, 5.74) is 0.684. The van der Waals surface area contributed by atoms with E-state index >= 15 is 0 Å². The second-order valence-electron chi connectivity index (χ2n) is 4.20. The Kier molecular flexibility index (Phi) is 2.16. The van der Waals surface area contributed by atoms with Gasteiger partial charge in [-0.25, -0.2) is 0 Å². The highest BCUT2D eigenvalue weighted by Gasteiger charge is 2.48. The lowest BCUT2D eigenvalue weighted by Crippen LogP contribution is -2.09. The van der Waals surface area contributed by atoms with Crippen LogP contribution in [0.2, 0.25) is 0 Å². The molecule has 1 unspecified atom stereocenters. The van der Waals surface area contributed by atoms with Crippen molar-refractivity contribution < 1.29 is 9.53 Å². The average molecular weight is 190 g/mol. The molecule has 1 fully saturated rings. The molecule has 1 atom stereocenters. The van der Waals surface area contributed by atoms with E-state index < -0.39 is 0 Å². The van der Waals surface area contributed by atoms with Crippen LogP contribution in [0.1, 0.15) is 30.6 Å². The van der Waals surface area contributed by atoms with E-state index in [0.717, 1.165) is 5.56 Å². The standard InChI is InChI=1S/C12H14O2/c1-12(2)11(14-12)8-10(13)9-6-4-3-5-7-9/h3-7,11H,8H2,1-2H3. The summed E-state index contributed by atoms with van der Waals surface area (Å²) in [6, 6.07) is 9.36. The lowest BCUT2D eigenvalue weighted by Gasteiger charge is -1.98. The predicted molar refractivity (Wildman–Crippen MR) is 54.3 cm³/mol. The van der Waals surface area contributed by atoms with Gasteiger partial charge in [-0.3, -0.25) is 4.79 Å². The van der Waals surface area contributed by atoms with Gasteiger partial charge in [-0.1, -0.05) is 30.3 Å². The lowest BCUT2D eigenvalue weighted by atomic mass is 10.0. The molecule has 0 saturated carbocycles. The van der Waals surface area contributed by atoms with Crippen LogP contribution in [0.5, 0.6) is 0 Å². The third kappa shape index (κ3) is 1.85. The van der Waals surface area contributed by atoms with Crippen LogP contribution in [0.25, 0.3) is 0 Å². The smallest absolute Gasteiger partial charge is 0.165 e. The highest BCUT2D eigenvalue weighted by atomic mass is 16.6. The van der Waals surface area contributed by atoms with Crippen molar-refractivity contribution in [3.05, 3.63) is 35.9 Å². The minimum atomic E-state index is -0.0928. The Balaban J connectivity index is 1.98. The fraction of sp³-hybridized carbons (Fsp3) is 0.417. The Morgan fingerprint density at radius 1 is 1.36 bits per heavy atom. The number of rotatable bonds is 3. The molecule has 1 aromatic rings. The van der Waals surface area contributed by atoms with Gasteiger partial charge in [0.1, 0.15) is 0 Å². The molecule has 0 radical (unpaired) electrons. The summed E-state index contributed by atoms with van der Waals surface area (Å²) in [6.45, 7) is 4.02. The third-order valence-electron chi connectivity index (χ3n) is 2.63. The molecule has 0 bridgehead atoms. The summed E-state index contributed by atoms with van der Waals surface area (Å²) in [6.07, 6.45) is 0.604. The maximum absolute atomic E-state index is 11.7. The summed E-state index contributed by atoms with van der Waals surface area (Å²) in [4.78, 5) is 11.7. The second-order valence-corrected chi connectivity index (χ2v) is 4.20. The van der Waals surface area contributed by atoms with Crippen LogP contribution in [0.4, 0.5) is 0 Å².